The van der Waals surface area contributed by atoms with Gasteiger partial charge in [-0.1, -0.05) is 30.3 Å². The maximum Gasteiger partial charge on any atom is 0.217 e. The highest BCUT2D eigenvalue weighted by Crippen LogP contribution is 2.10. The minimum atomic E-state index is -0.232. The van der Waals surface area contributed by atoms with Crippen LogP contribution in [0.5, 0.6) is 0 Å². The zero-order valence-electron chi connectivity index (χ0n) is 9.07. The fourth-order valence-electron chi connectivity index (χ4n) is 1.44. The van der Waals surface area contributed by atoms with Crippen molar-refractivity contribution in [3.8, 4) is 0 Å². The Morgan fingerprint density at radius 1 is 1.40 bits per heavy atom. The lowest BCUT2D eigenvalue weighted by Gasteiger charge is -2.13. The highest BCUT2D eigenvalue weighted by atomic mass is 16.1. The van der Waals surface area contributed by atoms with E-state index in [2.05, 4.69) is 24.4 Å². The van der Waals surface area contributed by atoms with Gasteiger partial charge in [0, 0.05) is 12.5 Å². The van der Waals surface area contributed by atoms with Gasteiger partial charge in [-0.2, -0.15) is 0 Å². The summed E-state index contributed by atoms with van der Waals surface area (Å²) in [7, 11) is 0. The lowest BCUT2D eigenvalue weighted by molar-refractivity contribution is -0.118. The SMILES string of the molecule is CC(NCCCC(N)=O)c1ccccc1. The summed E-state index contributed by atoms with van der Waals surface area (Å²) in [6, 6.07) is 10.5. The molecule has 0 aromatic heterocycles. The molecule has 1 aromatic carbocycles. The summed E-state index contributed by atoms with van der Waals surface area (Å²) in [6.07, 6.45) is 1.25. The van der Waals surface area contributed by atoms with Crippen molar-refractivity contribution >= 4 is 5.91 Å². The highest BCUT2D eigenvalue weighted by molar-refractivity contribution is 5.73. The van der Waals surface area contributed by atoms with Crippen LogP contribution in [-0.2, 0) is 4.79 Å². The minimum Gasteiger partial charge on any atom is -0.370 e. The van der Waals surface area contributed by atoms with E-state index in [9.17, 15) is 4.79 Å². The summed E-state index contributed by atoms with van der Waals surface area (Å²) in [5, 5.41) is 3.35. The third kappa shape index (κ3) is 4.61. The molecule has 15 heavy (non-hydrogen) atoms. The van der Waals surface area contributed by atoms with Crippen molar-refractivity contribution in [3.05, 3.63) is 35.9 Å². The number of hydrogen-bond donors (Lipinski definition) is 2. The standard InChI is InChI=1S/C12H18N2O/c1-10(11-6-3-2-4-7-11)14-9-5-8-12(13)15/h2-4,6-7,10,14H,5,8-9H2,1H3,(H2,13,15). The number of primary amides is 1. The lowest BCUT2D eigenvalue weighted by Crippen LogP contribution is -2.21. The molecule has 0 heterocycles. The van der Waals surface area contributed by atoms with Gasteiger partial charge in [-0.25, -0.2) is 0 Å². The maximum atomic E-state index is 10.5. The van der Waals surface area contributed by atoms with E-state index in [-0.39, 0.29) is 5.91 Å². The van der Waals surface area contributed by atoms with Crippen molar-refractivity contribution in [2.75, 3.05) is 6.54 Å². The van der Waals surface area contributed by atoms with Gasteiger partial charge in [-0.05, 0) is 25.5 Å². The van der Waals surface area contributed by atoms with E-state index in [0.29, 0.717) is 12.5 Å². The van der Waals surface area contributed by atoms with Crippen LogP contribution in [0, 0.1) is 0 Å². The summed E-state index contributed by atoms with van der Waals surface area (Å²) < 4.78 is 0. The van der Waals surface area contributed by atoms with Gasteiger partial charge < -0.3 is 11.1 Å². The van der Waals surface area contributed by atoms with Crippen molar-refractivity contribution < 1.29 is 4.79 Å². The topological polar surface area (TPSA) is 55.1 Å². The molecule has 0 spiro atoms. The molecule has 1 amide bonds. The van der Waals surface area contributed by atoms with Crippen LogP contribution in [0.3, 0.4) is 0 Å². The van der Waals surface area contributed by atoms with Crippen molar-refractivity contribution in [2.24, 2.45) is 5.73 Å². The Labute approximate surface area is 90.7 Å². The second-order valence-electron chi connectivity index (χ2n) is 3.66. The van der Waals surface area contributed by atoms with Crippen molar-refractivity contribution in [1.29, 1.82) is 0 Å². The Morgan fingerprint density at radius 3 is 2.67 bits per heavy atom. The number of rotatable bonds is 6. The molecule has 1 aromatic rings. The quantitative estimate of drug-likeness (QED) is 0.695. The van der Waals surface area contributed by atoms with Gasteiger partial charge in [0.05, 0.1) is 0 Å². The average molecular weight is 206 g/mol. The molecular weight excluding hydrogens is 188 g/mol. The number of nitrogens with two attached hydrogens (primary N) is 1. The molecule has 1 unspecified atom stereocenters. The van der Waals surface area contributed by atoms with Crippen LogP contribution in [0.1, 0.15) is 31.4 Å². The molecule has 0 saturated carbocycles. The number of benzene rings is 1. The molecule has 0 aliphatic rings. The summed E-state index contributed by atoms with van der Waals surface area (Å²) in [5.41, 5.74) is 6.31. The molecule has 3 heteroatoms. The van der Waals surface area contributed by atoms with Gasteiger partial charge in [-0.3, -0.25) is 4.79 Å². The van der Waals surface area contributed by atoms with Crippen molar-refractivity contribution in [2.45, 2.75) is 25.8 Å². The third-order valence-electron chi connectivity index (χ3n) is 2.35. The second-order valence-corrected chi connectivity index (χ2v) is 3.66. The maximum absolute atomic E-state index is 10.5. The van der Waals surface area contributed by atoms with E-state index >= 15 is 0 Å². The Kier molecular flexibility index (Phi) is 4.84. The molecule has 3 nitrogen and oxygen atoms in total. The smallest absolute Gasteiger partial charge is 0.217 e. The van der Waals surface area contributed by atoms with Crippen LogP contribution in [0.2, 0.25) is 0 Å². The fraction of sp³-hybridized carbons (Fsp3) is 0.417. The highest BCUT2D eigenvalue weighted by Gasteiger charge is 2.03. The number of nitrogens with one attached hydrogen (secondary N) is 1. The van der Waals surface area contributed by atoms with Gasteiger partial charge in [0.15, 0.2) is 0 Å². The molecule has 0 saturated heterocycles. The molecular formula is C12H18N2O. The van der Waals surface area contributed by atoms with E-state index < -0.39 is 0 Å². The molecule has 0 fully saturated rings. The first-order chi connectivity index (χ1) is 7.20. The summed E-state index contributed by atoms with van der Waals surface area (Å²) >= 11 is 0. The van der Waals surface area contributed by atoms with Crippen LogP contribution in [0.4, 0.5) is 0 Å². The minimum absolute atomic E-state index is 0.232. The van der Waals surface area contributed by atoms with Gasteiger partial charge in [0.1, 0.15) is 0 Å². The normalized spacial score (nSPS) is 12.3. The van der Waals surface area contributed by atoms with Crippen molar-refractivity contribution in [3.63, 3.8) is 0 Å². The number of amides is 1. The van der Waals surface area contributed by atoms with E-state index in [4.69, 9.17) is 5.73 Å². The number of carbonyl (C=O) groups is 1. The first kappa shape index (κ1) is 11.7. The largest absolute Gasteiger partial charge is 0.370 e. The van der Waals surface area contributed by atoms with Gasteiger partial charge in [-0.15, -0.1) is 0 Å². The zero-order valence-corrected chi connectivity index (χ0v) is 9.07. The van der Waals surface area contributed by atoms with Crippen LogP contribution >= 0.6 is 0 Å². The van der Waals surface area contributed by atoms with Gasteiger partial charge in [0.25, 0.3) is 0 Å². The number of carbonyl (C=O) groups excluding carboxylic acids is 1. The molecule has 82 valence electrons. The Hall–Kier alpha value is -1.35. The monoisotopic (exact) mass is 206 g/mol. The molecule has 0 bridgehead atoms. The van der Waals surface area contributed by atoms with E-state index in [1.807, 2.05) is 18.2 Å². The fourth-order valence-corrected chi connectivity index (χ4v) is 1.44. The molecule has 0 aliphatic carbocycles. The Balaban J connectivity index is 2.25. The van der Waals surface area contributed by atoms with Gasteiger partial charge >= 0.3 is 0 Å². The van der Waals surface area contributed by atoms with E-state index in [1.54, 1.807) is 0 Å². The molecule has 1 rings (SSSR count). The van der Waals surface area contributed by atoms with Crippen molar-refractivity contribution in [1.82, 2.24) is 5.32 Å². The van der Waals surface area contributed by atoms with Gasteiger partial charge in [0.2, 0.25) is 5.91 Å². The Bertz CT molecular complexity index is 298. The molecule has 3 N–H and O–H groups in total. The average Bonchev–Trinajstić information content (AvgIpc) is 2.25. The summed E-state index contributed by atoms with van der Waals surface area (Å²) in [6.45, 7) is 2.93. The van der Waals surface area contributed by atoms with E-state index in [1.165, 1.54) is 5.56 Å². The number of hydrogen-bond acceptors (Lipinski definition) is 2. The molecule has 0 radical (unpaired) electrons. The zero-order chi connectivity index (χ0) is 11.1. The van der Waals surface area contributed by atoms with E-state index in [0.717, 1.165) is 13.0 Å². The predicted molar refractivity (Wildman–Crippen MR) is 61.3 cm³/mol. The first-order valence-corrected chi connectivity index (χ1v) is 5.27. The summed E-state index contributed by atoms with van der Waals surface area (Å²) in [4.78, 5) is 10.5. The third-order valence-corrected chi connectivity index (χ3v) is 2.35. The second kappa shape index (κ2) is 6.19. The summed E-state index contributed by atoms with van der Waals surface area (Å²) in [5.74, 6) is -0.232. The van der Waals surface area contributed by atoms with Crippen LogP contribution < -0.4 is 11.1 Å². The van der Waals surface area contributed by atoms with Crippen LogP contribution in [0.15, 0.2) is 30.3 Å². The first-order valence-electron chi connectivity index (χ1n) is 5.27. The predicted octanol–water partition coefficient (Wildman–Crippen LogP) is 1.60. The lowest BCUT2D eigenvalue weighted by atomic mass is 10.1. The van der Waals surface area contributed by atoms with Crippen LogP contribution in [-0.4, -0.2) is 12.5 Å². The Morgan fingerprint density at radius 2 is 2.07 bits per heavy atom. The molecule has 1 atom stereocenters. The molecule has 0 aliphatic heterocycles. The van der Waals surface area contributed by atoms with Crippen LogP contribution in [0.25, 0.3) is 0 Å².